The summed E-state index contributed by atoms with van der Waals surface area (Å²) in [6, 6.07) is 6.28. The van der Waals surface area contributed by atoms with Crippen LogP contribution in [-0.4, -0.2) is 17.6 Å². The summed E-state index contributed by atoms with van der Waals surface area (Å²) >= 11 is 10.5. The fraction of sp³-hybridized carbons (Fsp3) is 0.154. The Balaban J connectivity index is 2.12. The molecular formula is C13H11BrClN3O3S2. The van der Waals surface area contributed by atoms with E-state index in [1.165, 1.54) is 15.2 Å². The molecule has 0 unspecified atom stereocenters. The fourth-order valence-corrected chi connectivity index (χ4v) is 5.58. The van der Waals surface area contributed by atoms with Gasteiger partial charge in [0.05, 0.1) is 25.5 Å². The van der Waals surface area contributed by atoms with E-state index in [4.69, 9.17) is 11.6 Å². The first-order valence-corrected chi connectivity index (χ1v) is 9.81. The third-order valence-corrected chi connectivity index (χ3v) is 7.21. The fourth-order valence-electron chi connectivity index (χ4n) is 2.24. The number of fused-ring (bicyclic) bond motifs is 1. The molecule has 122 valence electrons. The van der Waals surface area contributed by atoms with Gasteiger partial charge in [-0.1, -0.05) is 11.6 Å². The van der Waals surface area contributed by atoms with E-state index < -0.39 is 10.0 Å². The van der Waals surface area contributed by atoms with Crippen LogP contribution in [0.15, 0.2) is 37.1 Å². The highest BCUT2D eigenvalue weighted by Crippen LogP contribution is 2.32. The predicted octanol–water partition coefficient (Wildman–Crippen LogP) is 3.16. The summed E-state index contributed by atoms with van der Waals surface area (Å²) in [6.45, 7) is 0. The van der Waals surface area contributed by atoms with Crippen LogP contribution in [0.2, 0.25) is 5.02 Å². The van der Waals surface area contributed by atoms with E-state index in [0.717, 1.165) is 11.3 Å². The number of rotatable bonds is 3. The molecule has 3 aromatic rings. The van der Waals surface area contributed by atoms with Gasteiger partial charge in [0.25, 0.3) is 10.0 Å². The van der Waals surface area contributed by atoms with Crippen molar-refractivity contribution in [3.63, 3.8) is 0 Å². The monoisotopic (exact) mass is 435 g/mol. The highest BCUT2D eigenvalue weighted by molar-refractivity contribution is 9.11. The number of halogens is 2. The molecule has 0 saturated heterocycles. The molecule has 0 aliphatic carbocycles. The van der Waals surface area contributed by atoms with Crippen molar-refractivity contribution < 1.29 is 8.42 Å². The topological polar surface area (TPSA) is 73.1 Å². The van der Waals surface area contributed by atoms with Crippen LogP contribution in [0, 0.1) is 0 Å². The average molecular weight is 437 g/mol. The van der Waals surface area contributed by atoms with Crippen LogP contribution in [0.4, 0.5) is 5.69 Å². The summed E-state index contributed by atoms with van der Waals surface area (Å²) in [5.74, 6) is 0. The Morgan fingerprint density at radius 3 is 2.35 bits per heavy atom. The second kappa shape index (κ2) is 5.66. The minimum Gasteiger partial charge on any atom is -0.295 e. The number of nitrogens with one attached hydrogen (secondary N) is 1. The van der Waals surface area contributed by atoms with E-state index in [1.807, 2.05) is 0 Å². The van der Waals surface area contributed by atoms with Crippen LogP contribution >= 0.6 is 38.9 Å². The van der Waals surface area contributed by atoms with E-state index in [2.05, 4.69) is 20.7 Å². The van der Waals surface area contributed by atoms with E-state index in [-0.39, 0.29) is 20.6 Å². The largest absolute Gasteiger partial charge is 0.328 e. The number of benzene rings is 1. The standard InChI is InChI=1S/C13H11BrClN3O3S2/c1-17-9-5-7(15)8(6-10(9)18(2)13(17)19)16-23(20,21)12-4-3-11(14)22-12/h3-6,16H,1-2H3. The summed E-state index contributed by atoms with van der Waals surface area (Å²) in [4.78, 5) is 12.0. The molecule has 2 heterocycles. The van der Waals surface area contributed by atoms with Gasteiger partial charge in [-0.3, -0.25) is 13.9 Å². The third-order valence-electron chi connectivity index (χ3n) is 3.42. The second-order valence-electron chi connectivity index (χ2n) is 4.89. The molecule has 0 saturated carbocycles. The quantitative estimate of drug-likeness (QED) is 0.685. The van der Waals surface area contributed by atoms with Crippen molar-refractivity contribution >= 4 is 65.6 Å². The van der Waals surface area contributed by atoms with Crippen LogP contribution in [0.25, 0.3) is 11.0 Å². The predicted molar refractivity (Wildman–Crippen MR) is 96.0 cm³/mol. The van der Waals surface area contributed by atoms with E-state index in [1.54, 1.807) is 32.3 Å². The Kier molecular flexibility index (Phi) is 4.07. The summed E-state index contributed by atoms with van der Waals surface area (Å²) in [7, 11) is -0.489. The van der Waals surface area contributed by atoms with Gasteiger partial charge in [0.2, 0.25) is 0 Å². The van der Waals surface area contributed by atoms with Gasteiger partial charge in [-0.25, -0.2) is 13.2 Å². The number of imidazole rings is 1. The number of sulfonamides is 1. The van der Waals surface area contributed by atoms with Gasteiger partial charge in [0, 0.05) is 14.1 Å². The second-order valence-corrected chi connectivity index (χ2v) is 9.66. The third kappa shape index (κ3) is 2.82. The first-order valence-electron chi connectivity index (χ1n) is 6.34. The summed E-state index contributed by atoms with van der Waals surface area (Å²) < 4.78 is 31.1. The lowest BCUT2D eigenvalue weighted by Gasteiger charge is -2.09. The Morgan fingerprint density at radius 2 is 1.78 bits per heavy atom. The smallest absolute Gasteiger partial charge is 0.295 e. The molecule has 0 aliphatic rings. The van der Waals surface area contributed by atoms with Gasteiger partial charge in [0.15, 0.2) is 0 Å². The summed E-state index contributed by atoms with van der Waals surface area (Å²) in [5.41, 5.74) is 1.24. The first kappa shape index (κ1) is 16.6. The van der Waals surface area contributed by atoms with Gasteiger partial charge >= 0.3 is 5.69 Å². The Morgan fingerprint density at radius 1 is 1.17 bits per heavy atom. The number of thiophene rings is 1. The maximum atomic E-state index is 12.4. The minimum atomic E-state index is -3.74. The van der Waals surface area contributed by atoms with Gasteiger partial charge in [-0.15, -0.1) is 11.3 Å². The maximum absolute atomic E-state index is 12.4. The highest BCUT2D eigenvalue weighted by Gasteiger charge is 2.19. The Labute approximate surface area is 149 Å². The van der Waals surface area contributed by atoms with Crippen LogP contribution in [-0.2, 0) is 24.1 Å². The van der Waals surface area contributed by atoms with Gasteiger partial charge in [-0.05, 0) is 40.2 Å². The molecule has 0 spiro atoms. The molecule has 3 rings (SSSR count). The zero-order chi connectivity index (χ0) is 16.9. The lowest BCUT2D eigenvalue weighted by atomic mass is 10.3. The normalized spacial score (nSPS) is 12.0. The average Bonchev–Trinajstić information content (AvgIpc) is 3.00. The zero-order valence-corrected chi connectivity index (χ0v) is 16.0. The lowest BCUT2D eigenvalue weighted by molar-refractivity contribution is 0.603. The number of aromatic nitrogens is 2. The molecule has 0 atom stereocenters. The molecule has 1 N–H and O–H groups in total. The van der Waals surface area contributed by atoms with Crippen molar-refractivity contribution in [2.75, 3.05) is 4.72 Å². The molecule has 1 aromatic carbocycles. The Bertz CT molecular complexity index is 1080. The van der Waals surface area contributed by atoms with E-state index in [9.17, 15) is 13.2 Å². The SMILES string of the molecule is Cn1c(=O)n(C)c2cc(NS(=O)(=O)c3ccc(Br)s3)c(Cl)cc21. The molecule has 0 fully saturated rings. The summed E-state index contributed by atoms with van der Waals surface area (Å²) in [6.07, 6.45) is 0. The van der Waals surface area contributed by atoms with Crippen molar-refractivity contribution in [2.24, 2.45) is 14.1 Å². The number of anilines is 1. The van der Waals surface area contributed by atoms with Crippen molar-refractivity contribution in [1.82, 2.24) is 9.13 Å². The van der Waals surface area contributed by atoms with E-state index >= 15 is 0 Å². The van der Waals surface area contributed by atoms with Crippen molar-refractivity contribution in [3.8, 4) is 0 Å². The lowest BCUT2D eigenvalue weighted by Crippen LogP contribution is -2.19. The van der Waals surface area contributed by atoms with Gasteiger partial charge in [0.1, 0.15) is 4.21 Å². The molecule has 10 heteroatoms. The Hall–Kier alpha value is -1.29. The van der Waals surface area contributed by atoms with Crippen molar-refractivity contribution in [3.05, 3.63) is 43.6 Å². The molecule has 0 radical (unpaired) electrons. The zero-order valence-electron chi connectivity index (χ0n) is 12.0. The van der Waals surface area contributed by atoms with Crippen LogP contribution < -0.4 is 10.4 Å². The number of hydrogen-bond donors (Lipinski definition) is 1. The molecule has 0 amide bonds. The molecule has 23 heavy (non-hydrogen) atoms. The van der Waals surface area contributed by atoms with Gasteiger partial charge in [-0.2, -0.15) is 0 Å². The number of hydrogen-bond acceptors (Lipinski definition) is 4. The molecule has 0 aliphatic heterocycles. The molecular weight excluding hydrogens is 426 g/mol. The van der Waals surface area contributed by atoms with Crippen LogP contribution in [0.3, 0.4) is 0 Å². The summed E-state index contributed by atoms with van der Waals surface area (Å²) in [5, 5.41) is 0.220. The maximum Gasteiger partial charge on any atom is 0.328 e. The number of aryl methyl sites for hydroxylation is 2. The first-order chi connectivity index (χ1) is 10.7. The van der Waals surface area contributed by atoms with Crippen molar-refractivity contribution in [2.45, 2.75) is 4.21 Å². The number of nitrogens with zero attached hydrogens (tertiary/aromatic N) is 2. The highest BCUT2D eigenvalue weighted by atomic mass is 79.9. The van der Waals surface area contributed by atoms with Crippen LogP contribution in [0.5, 0.6) is 0 Å². The van der Waals surface area contributed by atoms with Crippen LogP contribution in [0.1, 0.15) is 0 Å². The van der Waals surface area contributed by atoms with Gasteiger partial charge < -0.3 is 0 Å². The molecule has 6 nitrogen and oxygen atoms in total. The minimum absolute atomic E-state index is 0.169. The van der Waals surface area contributed by atoms with Crippen molar-refractivity contribution in [1.29, 1.82) is 0 Å². The molecule has 0 bridgehead atoms. The van der Waals surface area contributed by atoms with E-state index in [0.29, 0.717) is 14.8 Å². The molecule has 2 aromatic heterocycles.